The molecule has 0 aliphatic carbocycles. The van der Waals surface area contributed by atoms with Crippen LogP contribution in [0.15, 0.2) is 16.7 Å². The number of likely N-dealkylation sites (tertiary alicyclic amines) is 1. The minimum absolute atomic E-state index is 0.0664. The zero-order valence-electron chi connectivity index (χ0n) is 10.2. The lowest BCUT2D eigenvalue weighted by Gasteiger charge is -2.24. The van der Waals surface area contributed by atoms with Gasteiger partial charge >= 0.3 is 0 Å². The first-order valence-corrected chi connectivity index (χ1v) is 6.20. The summed E-state index contributed by atoms with van der Waals surface area (Å²) in [6.45, 7) is 2.83. The number of hydrogen-bond acceptors (Lipinski definition) is 3. The molecule has 2 rings (SSSR count). The molecule has 1 fully saturated rings. The van der Waals surface area contributed by atoms with Crippen molar-refractivity contribution >= 4 is 5.91 Å². The van der Waals surface area contributed by atoms with Gasteiger partial charge in [-0.2, -0.15) is 0 Å². The molecule has 1 atom stereocenters. The number of nitrogens with zero attached hydrogens (tertiary/aromatic N) is 1. The van der Waals surface area contributed by atoms with Gasteiger partial charge in [-0.3, -0.25) is 4.79 Å². The van der Waals surface area contributed by atoms with Gasteiger partial charge in [-0.15, -0.1) is 0 Å². The van der Waals surface area contributed by atoms with Crippen LogP contribution in [0.2, 0.25) is 0 Å². The Labute approximate surface area is 101 Å². The van der Waals surface area contributed by atoms with E-state index in [4.69, 9.17) is 9.52 Å². The highest BCUT2D eigenvalue weighted by Crippen LogP contribution is 2.24. The molecule has 17 heavy (non-hydrogen) atoms. The summed E-state index contributed by atoms with van der Waals surface area (Å²) >= 11 is 0. The van der Waals surface area contributed by atoms with Crippen LogP contribution in [-0.4, -0.2) is 35.1 Å². The highest BCUT2D eigenvalue weighted by atomic mass is 16.3. The Kier molecular flexibility index (Phi) is 3.84. The molecule has 2 heterocycles. The van der Waals surface area contributed by atoms with Crippen LogP contribution in [0.5, 0.6) is 0 Å². The molecule has 94 valence electrons. The maximum atomic E-state index is 12.3. The van der Waals surface area contributed by atoms with Crippen LogP contribution in [0.1, 0.15) is 41.8 Å². The first-order chi connectivity index (χ1) is 8.24. The van der Waals surface area contributed by atoms with E-state index in [1.54, 1.807) is 12.3 Å². The summed E-state index contributed by atoms with van der Waals surface area (Å²) in [5.41, 5.74) is 0.667. The summed E-state index contributed by atoms with van der Waals surface area (Å²) in [5.74, 6) is 0.750. The maximum Gasteiger partial charge on any atom is 0.257 e. The van der Waals surface area contributed by atoms with Crippen molar-refractivity contribution in [3.63, 3.8) is 0 Å². The maximum absolute atomic E-state index is 12.3. The first kappa shape index (κ1) is 12.2. The van der Waals surface area contributed by atoms with E-state index in [9.17, 15) is 4.79 Å². The topological polar surface area (TPSA) is 53.7 Å². The van der Waals surface area contributed by atoms with Gasteiger partial charge in [0.15, 0.2) is 0 Å². The quantitative estimate of drug-likeness (QED) is 0.871. The third kappa shape index (κ3) is 2.52. The van der Waals surface area contributed by atoms with Gasteiger partial charge in [0.05, 0.1) is 11.8 Å². The van der Waals surface area contributed by atoms with Crippen LogP contribution in [0.4, 0.5) is 0 Å². The van der Waals surface area contributed by atoms with Crippen LogP contribution in [0.3, 0.4) is 0 Å². The van der Waals surface area contributed by atoms with Crippen LogP contribution < -0.4 is 0 Å². The van der Waals surface area contributed by atoms with E-state index in [1.165, 1.54) is 0 Å². The van der Waals surface area contributed by atoms with Gasteiger partial charge < -0.3 is 14.4 Å². The number of aryl methyl sites for hydroxylation is 1. The second-order valence-corrected chi connectivity index (χ2v) is 4.55. The molecule has 1 unspecified atom stereocenters. The highest BCUT2D eigenvalue weighted by molar-refractivity contribution is 5.95. The van der Waals surface area contributed by atoms with E-state index in [0.717, 1.165) is 32.2 Å². The summed E-state index contributed by atoms with van der Waals surface area (Å²) in [7, 11) is 0. The molecule has 0 bridgehead atoms. The van der Waals surface area contributed by atoms with Gasteiger partial charge in [0, 0.05) is 19.2 Å². The van der Waals surface area contributed by atoms with Crippen LogP contribution in [-0.2, 0) is 0 Å². The van der Waals surface area contributed by atoms with E-state index in [-0.39, 0.29) is 18.6 Å². The molecule has 0 spiro atoms. The molecular weight excluding hydrogens is 218 g/mol. The van der Waals surface area contributed by atoms with Crippen LogP contribution in [0, 0.1) is 6.92 Å². The smallest absolute Gasteiger partial charge is 0.257 e. The number of aliphatic hydroxyl groups excluding tert-OH is 1. The van der Waals surface area contributed by atoms with Crippen molar-refractivity contribution in [1.29, 1.82) is 0 Å². The van der Waals surface area contributed by atoms with Gasteiger partial charge in [-0.1, -0.05) is 0 Å². The van der Waals surface area contributed by atoms with Crippen molar-refractivity contribution in [2.24, 2.45) is 0 Å². The van der Waals surface area contributed by atoms with Crippen molar-refractivity contribution in [2.45, 2.75) is 38.6 Å². The van der Waals surface area contributed by atoms with E-state index >= 15 is 0 Å². The standard InChI is InChI=1S/C13H19NO3/c1-10-12(6-9-17-10)13(16)14-7-2-4-11(14)5-3-8-15/h6,9,11,15H,2-5,7-8H2,1H3. The molecule has 0 saturated carbocycles. The van der Waals surface area contributed by atoms with Crippen molar-refractivity contribution in [3.8, 4) is 0 Å². The fourth-order valence-electron chi connectivity index (χ4n) is 2.49. The van der Waals surface area contributed by atoms with Gasteiger partial charge in [-0.25, -0.2) is 0 Å². The van der Waals surface area contributed by atoms with E-state index < -0.39 is 0 Å². The molecule has 1 aromatic heterocycles. The molecule has 4 nitrogen and oxygen atoms in total. The molecule has 0 aromatic carbocycles. The minimum atomic E-state index is 0.0664. The SMILES string of the molecule is Cc1occc1C(=O)N1CCCC1CCCO. The normalized spacial score (nSPS) is 19.9. The zero-order chi connectivity index (χ0) is 12.3. The van der Waals surface area contributed by atoms with E-state index in [2.05, 4.69) is 0 Å². The summed E-state index contributed by atoms with van der Waals surface area (Å²) in [5, 5.41) is 8.86. The van der Waals surface area contributed by atoms with Gasteiger partial charge in [0.1, 0.15) is 5.76 Å². The molecule has 4 heteroatoms. The Morgan fingerprint density at radius 1 is 1.65 bits per heavy atom. The van der Waals surface area contributed by atoms with Crippen LogP contribution in [0.25, 0.3) is 0 Å². The number of carbonyl (C=O) groups excluding carboxylic acids is 1. The van der Waals surface area contributed by atoms with Crippen molar-refractivity contribution < 1.29 is 14.3 Å². The number of carbonyl (C=O) groups is 1. The molecule has 0 radical (unpaired) electrons. The van der Waals surface area contributed by atoms with E-state index in [0.29, 0.717) is 11.3 Å². The fraction of sp³-hybridized carbons (Fsp3) is 0.615. The summed E-state index contributed by atoms with van der Waals surface area (Å²) in [6.07, 6.45) is 5.31. The molecule has 1 aliphatic rings. The number of furan rings is 1. The Hall–Kier alpha value is -1.29. The number of rotatable bonds is 4. The highest BCUT2D eigenvalue weighted by Gasteiger charge is 2.30. The first-order valence-electron chi connectivity index (χ1n) is 6.20. The molecule has 1 N–H and O–H groups in total. The lowest BCUT2D eigenvalue weighted by Crippen LogP contribution is -2.35. The lowest BCUT2D eigenvalue weighted by atomic mass is 10.1. The monoisotopic (exact) mass is 237 g/mol. The lowest BCUT2D eigenvalue weighted by molar-refractivity contribution is 0.0722. The molecular formula is C13H19NO3. The second kappa shape index (κ2) is 5.36. The van der Waals surface area contributed by atoms with Crippen LogP contribution >= 0.6 is 0 Å². The minimum Gasteiger partial charge on any atom is -0.469 e. The third-order valence-electron chi connectivity index (χ3n) is 3.42. The summed E-state index contributed by atoms with van der Waals surface area (Å²) in [4.78, 5) is 14.2. The molecule has 1 saturated heterocycles. The van der Waals surface area contributed by atoms with Crippen molar-refractivity contribution in [1.82, 2.24) is 4.90 Å². The Morgan fingerprint density at radius 2 is 2.47 bits per heavy atom. The average molecular weight is 237 g/mol. The number of aliphatic hydroxyl groups is 1. The second-order valence-electron chi connectivity index (χ2n) is 4.55. The predicted octanol–water partition coefficient (Wildman–Crippen LogP) is 1.97. The predicted molar refractivity (Wildman–Crippen MR) is 63.8 cm³/mol. The van der Waals surface area contributed by atoms with Gasteiger partial charge in [-0.05, 0) is 38.7 Å². The fourth-order valence-corrected chi connectivity index (χ4v) is 2.49. The average Bonchev–Trinajstić information content (AvgIpc) is 2.94. The summed E-state index contributed by atoms with van der Waals surface area (Å²) in [6, 6.07) is 2.02. The van der Waals surface area contributed by atoms with Gasteiger partial charge in [0.2, 0.25) is 0 Å². The number of amides is 1. The molecule has 1 amide bonds. The Bertz CT molecular complexity index is 386. The summed E-state index contributed by atoms with van der Waals surface area (Å²) < 4.78 is 5.17. The Balaban J connectivity index is 2.06. The van der Waals surface area contributed by atoms with Crippen molar-refractivity contribution in [2.75, 3.05) is 13.2 Å². The Morgan fingerprint density at radius 3 is 3.12 bits per heavy atom. The van der Waals surface area contributed by atoms with Gasteiger partial charge in [0.25, 0.3) is 5.91 Å². The van der Waals surface area contributed by atoms with E-state index in [1.807, 2.05) is 11.8 Å². The third-order valence-corrected chi connectivity index (χ3v) is 3.42. The van der Waals surface area contributed by atoms with Crippen molar-refractivity contribution in [3.05, 3.63) is 23.7 Å². The molecule has 1 aliphatic heterocycles. The molecule has 1 aromatic rings. The largest absolute Gasteiger partial charge is 0.469 e. The zero-order valence-corrected chi connectivity index (χ0v) is 10.2. The number of hydrogen-bond donors (Lipinski definition) is 1.